The molecule has 0 saturated carbocycles. The summed E-state index contributed by atoms with van der Waals surface area (Å²) in [7, 11) is -2.62. The van der Waals surface area contributed by atoms with Gasteiger partial charge in [-0.1, -0.05) is 12.1 Å². The van der Waals surface area contributed by atoms with E-state index >= 15 is 0 Å². The Kier molecular flexibility index (Phi) is 6.05. The van der Waals surface area contributed by atoms with Gasteiger partial charge < -0.3 is 9.30 Å². The molecule has 0 bridgehead atoms. The second-order valence-electron chi connectivity index (χ2n) is 7.93. The van der Waals surface area contributed by atoms with Crippen molar-refractivity contribution >= 4 is 26.9 Å². The second-order valence-corrected chi connectivity index (χ2v) is 9.84. The molecule has 4 rings (SSSR count). The summed E-state index contributed by atoms with van der Waals surface area (Å²) in [6.07, 6.45) is 1.00. The fourth-order valence-corrected chi connectivity index (χ4v) is 6.11. The fourth-order valence-electron chi connectivity index (χ4n) is 4.57. The number of ether oxygens (including phenoxy) is 1. The molecule has 2 heterocycles. The molecule has 0 spiro atoms. The smallest absolute Gasteiger partial charge is 0.325 e. The fraction of sp³-hybridized carbons (Fsp3) is 0.348. The number of carbonyl (C=O) groups is 1. The van der Waals surface area contributed by atoms with Crippen molar-refractivity contribution in [2.75, 3.05) is 20.2 Å². The molecule has 1 aromatic heterocycles. The third-order valence-corrected chi connectivity index (χ3v) is 8.10. The van der Waals surface area contributed by atoms with E-state index in [9.17, 15) is 22.0 Å². The molecule has 0 radical (unpaired) electrons. The zero-order valence-corrected chi connectivity index (χ0v) is 18.7. The number of rotatable bonds is 5. The Hall–Kier alpha value is -2.78. The lowest BCUT2D eigenvalue weighted by molar-refractivity contribution is -0.141. The molecule has 9 heteroatoms. The SMILES string of the molecule is COC(=O)Cn1c(C)c(C2CCN(S(=O)(=O)c3ccccc3F)CC2)c2cc(F)ccc21. The molecular weight excluding hydrogens is 438 g/mol. The number of nitrogens with zero attached hydrogens (tertiary/aromatic N) is 2. The monoisotopic (exact) mass is 462 g/mol. The van der Waals surface area contributed by atoms with Gasteiger partial charge in [-0.2, -0.15) is 4.31 Å². The summed E-state index contributed by atoms with van der Waals surface area (Å²) in [5.41, 5.74) is 2.46. The maximum Gasteiger partial charge on any atom is 0.325 e. The molecule has 170 valence electrons. The van der Waals surface area contributed by atoms with E-state index in [-0.39, 0.29) is 36.3 Å². The highest BCUT2D eigenvalue weighted by Gasteiger charge is 2.33. The predicted octanol–water partition coefficient (Wildman–Crippen LogP) is 3.97. The lowest BCUT2D eigenvalue weighted by Crippen LogP contribution is -2.38. The van der Waals surface area contributed by atoms with E-state index in [0.29, 0.717) is 18.2 Å². The Morgan fingerprint density at radius 1 is 1.12 bits per heavy atom. The second kappa shape index (κ2) is 8.63. The topological polar surface area (TPSA) is 68.6 Å². The predicted molar refractivity (Wildman–Crippen MR) is 116 cm³/mol. The minimum absolute atomic E-state index is 0.00493. The first-order valence-corrected chi connectivity index (χ1v) is 11.8. The van der Waals surface area contributed by atoms with E-state index in [0.717, 1.165) is 22.8 Å². The van der Waals surface area contributed by atoms with Crippen LogP contribution in [0.2, 0.25) is 0 Å². The molecule has 32 heavy (non-hydrogen) atoms. The normalized spacial score (nSPS) is 15.9. The Bertz CT molecular complexity index is 1280. The molecule has 0 amide bonds. The van der Waals surface area contributed by atoms with Gasteiger partial charge >= 0.3 is 5.97 Å². The van der Waals surface area contributed by atoms with Gasteiger partial charge in [0.15, 0.2) is 0 Å². The Labute approximate surface area is 185 Å². The molecule has 0 aliphatic carbocycles. The zero-order chi connectivity index (χ0) is 23.0. The number of halogens is 2. The molecule has 0 atom stereocenters. The van der Waals surface area contributed by atoms with Gasteiger partial charge in [0.1, 0.15) is 23.1 Å². The molecule has 1 saturated heterocycles. The molecule has 1 aliphatic rings. The van der Waals surface area contributed by atoms with E-state index in [1.54, 1.807) is 10.6 Å². The van der Waals surface area contributed by atoms with Crippen LogP contribution in [0.4, 0.5) is 8.78 Å². The summed E-state index contributed by atoms with van der Waals surface area (Å²) in [5.74, 6) is -1.59. The first-order valence-electron chi connectivity index (χ1n) is 10.3. The van der Waals surface area contributed by atoms with Crippen molar-refractivity contribution in [1.29, 1.82) is 0 Å². The minimum atomic E-state index is -3.94. The maximum atomic E-state index is 14.1. The van der Waals surface area contributed by atoms with Crippen LogP contribution in [0.5, 0.6) is 0 Å². The summed E-state index contributed by atoms with van der Waals surface area (Å²) < 4.78 is 61.9. The van der Waals surface area contributed by atoms with E-state index in [4.69, 9.17) is 4.74 Å². The molecule has 0 unspecified atom stereocenters. The number of piperidine rings is 1. The summed E-state index contributed by atoms with van der Waals surface area (Å²) in [4.78, 5) is 11.6. The van der Waals surface area contributed by atoms with Crippen molar-refractivity contribution in [1.82, 2.24) is 8.87 Å². The van der Waals surface area contributed by atoms with Gasteiger partial charge in [0.25, 0.3) is 0 Å². The molecular formula is C23H24F2N2O4S. The van der Waals surface area contributed by atoms with Crippen molar-refractivity contribution in [2.24, 2.45) is 0 Å². The molecule has 6 nitrogen and oxygen atoms in total. The lowest BCUT2D eigenvalue weighted by Gasteiger charge is -2.31. The van der Waals surface area contributed by atoms with Crippen molar-refractivity contribution in [2.45, 2.75) is 37.1 Å². The standard InChI is InChI=1S/C23H24F2N2O4S/c1-15-23(18-13-17(24)7-8-20(18)27(15)14-22(28)31-2)16-9-11-26(12-10-16)32(29,30)21-6-4-3-5-19(21)25/h3-8,13,16H,9-12,14H2,1-2H3. The number of carbonyl (C=O) groups excluding carboxylic acids is 1. The minimum Gasteiger partial charge on any atom is -0.468 e. The van der Waals surface area contributed by atoms with Crippen LogP contribution < -0.4 is 0 Å². The van der Waals surface area contributed by atoms with Gasteiger partial charge in [0, 0.05) is 29.7 Å². The van der Waals surface area contributed by atoms with Gasteiger partial charge in [-0.3, -0.25) is 4.79 Å². The number of aromatic nitrogens is 1. The number of sulfonamides is 1. The number of methoxy groups -OCH3 is 1. The van der Waals surface area contributed by atoms with Crippen molar-refractivity contribution in [3.05, 3.63) is 65.4 Å². The zero-order valence-electron chi connectivity index (χ0n) is 17.8. The van der Waals surface area contributed by atoms with Crippen molar-refractivity contribution < 1.29 is 26.7 Å². The lowest BCUT2D eigenvalue weighted by atomic mass is 9.88. The summed E-state index contributed by atoms with van der Waals surface area (Å²) in [6, 6.07) is 9.79. The highest BCUT2D eigenvalue weighted by atomic mass is 32.2. The summed E-state index contributed by atoms with van der Waals surface area (Å²) >= 11 is 0. The average Bonchev–Trinajstić information content (AvgIpc) is 3.04. The van der Waals surface area contributed by atoms with Crippen LogP contribution in [0.15, 0.2) is 47.4 Å². The average molecular weight is 463 g/mol. The summed E-state index contributed by atoms with van der Waals surface area (Å²) in [6.45, 7) is 2.32. The number of benzene rings is 2. The van der Waals surface area contributed by atoms with E-state index in [1.165, 1.54) is 41.7 Å². The highest BCUT2D eigenvalue weighted by Crippen LogP contribution is 2.39. The van der Waals surface area contributed by atoms with Crippen LogP contribution in [0, 0.1) is 18.6 Å². The van der Waals surface area contributed by atoms with Crippen LogP contribution in [0.25, 0.3) is 10.9 Å². The number of esters is 1. The number of fused-ring (bicyclic) bond motifs is 1. The number of hydrogen-bond acceptors (Lipinski definition) is 4. The Balaban J connectivity index is 1.65. The van der Waals surface area contributed by atoms with Crippen LogP contribution in [0.3, 0.4) is 0 Å². The largest absolute Gasteiger partial charge is 0.468 e. The molecule has 2 aromatic carbocycles. The van der Waals surface area contributed by atoms with Crippen molar-refractivity contribution in [3.8, 4) is 0 Å². The van der Waals surface area contributed by atoms with E-state index < -0.39 is 21.8 Å². The van der Waals surface area contributed by atoms with E-state index in [2.05, 4.69) is 0 Å². The summed E-state index contributed by atoms with van der Waals surface area (Å²) in [5, 5.41) is 0.710. The molecule has 3 aromatic rings. The molecule has 1 fully saturated rings. The quantitative estimate of drug-likeness (QED) is 0.538. The van der Waals surface area contributed by atoms with Crippen molar-refractivity contribution in [3.63, 3.8) is 0 Å². The van der Waals surface area contributed by atoms with Crippen LogP contribution in [0.1, 0.15) is 30.0 Å². The number of hydrogen-bond donors (Lipinski definition) is 0. The van der Waals surface area contributed by atoms with Crippen LogP contribution in [-0.4, -0.2) is 43.5 Å². The Morgan fingerprint density at radius 2 is 1.81 bits per heavy atom. The van der Waals surface area contributed by atoms with Gasteiger partial charge in [0.05, 0.1) is 7.11 Å². The molecule has 0 N–H and O–H groups in total. The maximum absolute atomic E-state index is 14.1. The van der Waals surface area contributed by atoms with Gasteiger partial charge in [-0.15, -0.1) is 0 Å². The highest BCUT2D eigenvalue weighted by molar-refractivity contribution is 7.89. The third-order valence-electron chi connectivity index (χ3n) is 6.17. The van der Waals surface area contributed by atoms with Gasteiger partial charge in [0.2, 0.25) is 10.0 Å². The first-order chi connectivity index (χ1) is 15.2. The molecule has 1 aliphatic heterocycles. The van der Waals surface area contributed by atoms with Crippen LogP contribution in [-0.2, 0) is 26.1 Å². The first kappa shape index (κ1) is 22.4. The Morgan fingerprint density at radius 3 is 2.47 bits per heavy atom. The van der Waals surface area contributed by atoms with Gasteiger partial charge in [-0.05, 0) is 61.6 Å². The van der Waals surface area contributed by atoms with Gasteiger partial charge in [-0.25, -0.2) is 17.2 Å². The van der Waals surface area contributed by atoms with Crippen LogP contribution >= 0.6 is 0 Å². The van der Waals surface area contributed by atoms with E-state index in [1.807, 2.05) is 6.92 Å². The third kappa shape index (κ3) is 3.91.